The zero-order chi connectivity index (χ0) is 9.99. The maximum atomic E-state index is 12.1. The average Bonchev–Trinajstić information content (AvgIpc) is 1.84. The van der Waals surface area contributed by atoms with E-state index in [1.54, 1.807) is 6.92 Å². The van der Waals surface area contributed by atoms with Crippen LogP contribution in [0.1, 0.15) is 13.8 Å². The maximum Gasteiger partial charge on any atom is 0.418 e. The van der Waals surface area contributed by atoms with Gasteiger partial charge in [-0.25, -0.2) is 0 Å². The van der Waals surface area contributed by atoms with Gasteiger partial charge in [-0.2, -0.15) is 13.2 Å². The number of nitrogens with zero attached hydrogens (tertiary/aromatic N) is 1. The first-order valence-electron chi connectivity index (χ1n) is 3.68. The molecule has 83 valence electrons. The molecular formula is C7H14CoF3NO. The van der Waals surface area contributed by atoms with Gasteiger partial charge in [0.1, 0.15) is 0 Å². The van der Waals surface area contributed by atoms with E-state index >= 15 is 0 Å². The molecule has 2 nitrogen and oxygen atoms in total. The number of likely N-dealkylation sites (N-methyl/N-ethyl adjacent to an activating group) is 1. The molecule has 0 heterocycles. The zero-order valence-corrected chi connectivity index (χ0v) is 8.82. The molecule has 0 aliphatic carbocycles. The minimum absolute atomic E-state index is 0. The Labute approximate surface area is 86.3 Å². The fourth-order valence-electron chi connectivity index (χ4n) is 0.727. The molecule has 1 radical (unpaired) electrons. The van der Waals surface area contributed by atoms with Crippen molar-refractivity contribution in [2.24, 2.45) is 0 Å². The van der Waals surface area contributed by atoms with Crippen LogP contribution in [-0.4, -0.2) is 41.9 Å². The second kappa shape index (κ2) is 5.19. The first-order valence-corrected chi connectivity index (χ1v) is 3.68. The molecule has 0 saturated heterocycles. The molecule has 1 atom stereocenters. The zero-order valence-electron chi connectivity index (χ0n) is 7.78. The number of hydrogen-bond donors (Lipinski definition) is 1. The number of aliphatic hydroxyl groups is 1. The predicted molar refractivity (Wildman–Crippen MR) is 39.8 cm³/mol. The summed E-state index contributed by atoms with van der Waals surface area (Å²) in [5, 5.41) is 8.99. The van der Waals surface area contributed by atoms with E-state index in [0.29, 0.717) is 6.54 Å². The third-order valence-corrected chi connectivity index (χ3v) is 1.73. The second-order valence-corrected chi connectivity index (χ2v) is 3.10. The van der Waals surface area contributed by atoms with Crippen LogP contribution >= 0.6 is 0 Å². The van der Waals surface area contributed by atoms with Crippen molar-refractivity contribution < 1.29 is 35.1 Å². The molecule has 0 amide bonds. The molecule has 1 N–H and O–H groups in total. The van der Waals surface area contributed by atoms with Crippen molar-refractivity contribution >= 4 is 0 Å². The monoisotopic (exact) mass is 244 g/mol. The van der Waals surface area contributed by atoms with Crippen LogP contribution in [0.5, 0.6) is 0 Å². The van der Waals surface area contributed by atoms with Crippen molar-refractivity contribution in [2.75, 3.05) is 20.1 Å². The van der Waals surface area contributed by atoms with Gasteiger partial charge in [0.25, 0.3) is 0 Å². The summed E-state index contributed by atoms with van der Waals surface area (Å²) in [6.07, 6.45) is -4.56. The maximum absolute atomic E-state index is 12.1. The predicted octanol–water partition coefficient (Wildman–Crippen LogP) is 1.25. The Bertz CT molecular complexity index is 149. The van der Waals surface area contributed by atoms with Crippen molar-refractivity contribution in [3.63, 3.8) is 0 Å². The number of rotatable bonds is 3. The van der Waals surface area contributed by atoms with Crippen LogP contribution in [0, 0.1) is 0 Å². The Morgan fingerprint density at radius 1 is 1.31 bits per heavy atom. The van der Waals surface area contributed by atoms with E-state index in [9.17, 15) is 13.2 Å². The van der Waals surface area contributed by atoms with E-state index in [-0.39, 0.29) is 16.8 Å². The summed E-state index contributed by atoms with van der Waals surface area (Å²) < 4.78 is 36.2. The summed E-state index contributed by atoms with van der Waals surface area (Å²) >= 11 is 0. The molecule has 0 aromatic rings. The van der Waals surface area contributed by atoms with Crippen LogP contribution in [-0.2, 0) is 16.8 Å². The van der Waals surface area contributed by atoms with Gasteiger partial charge < -0.3 is 10.0 Å². The molecule has 1 unspecified atom stereocenters. The Balaban J connectivity index is 0. The molecule has 0 aliphatic rings. The van der Waals surface area contributed by atoms with Crippen LogP contribution in [0.25, 0.3) is 0 Å². The average molecular weight is 244 g/mol. The molecule has 0 saturated carbocycles. The Hall–Kier alpha value is 0.216. The fourth-order valence-corrected chi connectivity index (χ4v) is 0.727. The first-order chi connectivity index (χ1) is 5.20. The van der Waals surface area contributed by atoms with Crippen molar-refractivity contribution in [3.05, 3.63) is 0 Å². The Morgan fingerprint density at radius 3 is 1.92 bits per heavy atom. The fraction of sp³-hybridized carbons (Fsp3) is 1.00. The van der Waals surface area contributed by atoms with Crippen molar-refractivity contribution in [1.29, 1.82) is 0 Å². The largest absolute Gasteiger partial charge is 0.418 e. The number of halogens is 3. The van der Waals surface area contributed by atoms with Gasteiger partial charge in [-0.15, -0.1) is 0 Å². The van der Waals surface area contributed by atoms with Gasteiger partial charge in [-0.1, -0.05) is 6.92 Å². The van der Waals surface area contributed by atoms with Crippen molar-refractivity contribution in [2.45, 2.75) is 25.6 Å². The van der Waals surface area contributed by atoms with Crippen LogP contribution in [0.4, 0.5) is 13.2 Å². The van der Waals surface area contributed by atoms with E-state index in [2.05, 4.69) is 0 Å². The minimum Gasteiger partial charge on any atom is -0.380 e. The molecule has 0 aliphatic heterocycles. The SMILES string of the molecule is CCN(C)CC(C)(O)C(F)(F)F.[Co]. The molecule has 0 bridgehead atoms. The van der Waals surface area contributed by atoms with E-state index in [4.69, 9.17) is 5.11 Å². The summed E-state index contributed by atoms with van der Waals surface area (Å²) in [4.78, 5) is 1.41. The van der Waals surface area contributed by atoms with Gasteiger partial charge >= 0.3 is 6.18 Å². The summed E-state index contributed by atoms with van der Waals surface area (Å²) in [6, 6.07) is 0. The molecular weight excluding hydrogens is 230 g/mol. The van der Waals surface area contributed by atoms with E-state index in [1.807, 2.05) is 0 Å². The van der Waals surface area contributed by atoms with Crippen molar-refractivity contribution in [3.8, 4) is 0 Å². The van der Waals surface area contributed by atoms with E-state index in [1.165, 1.54) is 11.9 Å². The number of alkyl halides is 3. The van der Waals surface area contributed by atoms with Crippen LogP contribution in [0.2, 0.25) is 0 Å². The van der Waals surface area contributed by atoms with Gasteiger partial charge in [-0.3, -0.25) is 0 Å². The number of hydrogen-bond acceptors (Lipinski definition) is 2. The molecule has 0 spiro atoms. The van der Waals surface area contributed by atoms with Crippen LogP contribution < -0.4 is 0 Å². The molecule has 0 rings (SSSR count). The normalized spacial score (nSPS) is 16.6. The van der Waals surface area contributed by atoms with E-state index < -0.39 is 18.3 Å². The molecule has 6 heteroatoms. The van der Waals surface area contributed by atoms with E-state index in [0.717, 1.165) is 6.92 Å². The van der Waals surface area contributed by atoms with Gasteiger partial charge in [0, 0.05) is 23.3 Å². The molecule has 0 fully saturated rings. The van der Waals surface area contributed by atoms with Crippen LogP contribution in [0.3, 0.4) is 0 Å². The third-order valence-electron chi connectivity index (χ3n) is 1.73. The Kier molecular flexibility index (Phi) is 6.25. The Morgan fingerprint density at radius 2 is 1.69 bits per heavy atom. The topological polar surface area (TPSA) is 23.5 Å². The van der Waals surface area contributed by atoms with Gasteiger partial charge in [0.15, 0.2) is 5.60 Å². The second-order valence-electron chi connectivity index (χ2n) is 3.10. The summed E-state index contributed by atoms with van der Waals surface area (Å²) in [7, 11) is 1.53. The first kappa shape index (κ1) is 15.7. The van der Waals surface area contributed by atoms with Crippen LogP contribution in [0.15, 0.2) is 0 Å². The molecule has 13 heavy (non-hydrogen) atoms. The smallest absolute Gasteiger partial charge is 0.380 e. The van der Waals surface area contributed by atoms with Gasteiger partial charge in [0.2, 0.25) is 0 Å². The summed E-state index contributed by atoms with van der Waals surface area (Å²) in [5.74, 6) is 0. The van der Waals surface area contributed by atoms with Gasteiger partial charge in [-0.05, 0) is 20.5 Å². The van der Waals surface area contributed by atoms with Gasteiger partial charge in [0.05, 0.1) is 0 Å². The summed E-state index contributed by atoms with van der Waals surface area (Å²) in [6.45, 7) is 2.59. The minimum atomic E-state index is -4.56. The molecule has 0 aromatic carbocycles. The van der Waals surface area contributed by atoms with Crippen molar-refractivity contribution in [1.82, 2.24) is 4.90 Å². The summed E-state index contributed by atoms with van der Waals surface area (Å²) in [5.41, 5.74) is -2.61. The quantitative estimate of drug-likeness (QED) is 0.807. The molecule has 0 aromatic heterocycles. The third kappa shape index (κ3) is 4.85. The standard InChI is InChI=1S/C7H14F3NO.Co/c1-4-11(3)5-6(2,12)7(8,9)10;/h12H,4-5H2,1-3H3;.